The number of rotatable bonds is 8. The molecule has 2 saturated carbocycles. The van der Waals surface area contributed by atoms with Crippen molar-refractivity contribution in [3.63, 3.8) is 0 Å². The molecule has 2 aliphatic carbocycles. The maximum Gasteiger partial charge on any atom is 0.344 e. The average molecular weight is 594 g/mol. The number of H-pyrrole nitrogens is 1. The molecule has 43 heavy (non-hydrogen) atoms. The second kappa shape index (κ2) is 14.9. The smallest absolute Gasteiger partial charge is 0.344 e. The van der Waals surface area contributed by atoms with Gasteiger partial charge in [-0.05, 0) is 68.9 Å². The van der Waals surface area contributed by atoms with Crippen LogP contribution in [0.2, 0.25) is 0 Å². The first-order chi connectivity index (χ1) is 20.9. The number of hydrogen-bond acceptors (Lipinski definition) is 7. The molecule has 1 amide bonds. The fourth-order valence-corrected chi connectivity index (χ4v) is 8.02. The third-order valence-electron chi connectivity index (χ3n) is 9.87. The Hall–Kier alpha value is -3.27. The van der Waals surface area contributed by atoms with Crippen LogP contribution in [0.5, 0.6) is 0 Å². The Labute approximate surface area is 253 Å². The van der Waals surface area contributed by atoms with Crippen LogP contribution in [0.15, 0.2) is 34.2 Å². The van der Waals surface area contributed by atoms with Crippen molar-refractivity contribution < 1.29 is 19.5 Å². The predicted molar refractivity (Wildman–Crippen MR) is 166 cm³/mol. The molecule has 10 heteroatoms. The highest BCUT2D eigenvalue weighted by Crippen LogP contribution is 2.44. The summed E-state index contributed by atoms with van der Waals surface area (Å²) in [4.78, 5) is 48.9. The van der Waals surface area contributed by atoms with Crippen LogP contribution in [0.1, 0.15) is 102 Å². The quantitative estimate of drug-likeness (QED) is 0.289. The van der Waals surface area contributed by atoms with Gasteiger partial charge in [0.1, 0.15) is 5.71 Å². The number of carboxylic acid groups (broad SMARTS) is 1. The van der Waals surface area contributed by atoms with E-state index in [1.165, 1.54) is 58.4 Å². The molecule has 2 saturated heterocycles. The number of nitrogens with zero attached hydrogens (tertiary/aromatic N) is 3. The van der Waals surface area contributed by atoms with E-state index in [4.69, 9.17) is 9.94 Å². The van der Waals surface area contributed by atoms with Crippen molar-refractivity contribution in [3.8, 4) is 0 Å². The lowest BCUT2D eigenvalue weighted by Gasteiger charge is -2.52. The molecule has 0 spiro atoms. The number of amides is 1. The van der Waals surface area contributed by atoms with Gasteiger partial charge in [0.05, 0.1) is 11.0 Å². The van der Waals surface area contributed by atoms with E-state index in [2.05, 4.69) is 25.3 Å². The molecule has 2 aromatic rings. The van der Waals surface area contributed by atoms with Gasteiger partial charge in [-0.2, -0.15) is 0 Å². The average Bonchev–Trinajstić information content (AvgIpc) is 3.17. The number of para-hydroxylation sites is 2. The minimum Gasteiger partial charge on any atom is -0.479 e. The molecule has 0 radical (unpaired) electrons. The van der Waals surface area contributed by atoms with Crippen LogP contribution in [-0.2, 0) is 14.4 Å². The number of hydrogen-bond donors (Lipinski definition) is 3. The first-order valence-electron chi connectivity index (χ1n) is 16.3. The summed E-state index contributed by atoms with van der Waals surface area (Å²) in [5.41, 5.74) is 0.694. The van der Waals surface area contributed by atoms with Crippen molar-refractivity contribution in [3.05, 3.63) is 40.3 Å². The molecule has 2 atom stereocenters. The van der Waals surface area contributed by atoms with E-state index in [1.54, 1.807) is 56.4 Å². The van der Waals surface area contributed by atoms with Crippen molar-refractivity contribution in [1.29, 1.82) is 0 Å². The first-order valence-corrected chi connectivity index (χ1v) is 16.3. The molecule has 1 aromatic carbocycles. The maximum absolute atomic E-state index is 12.2. The van der Waals surface area contributed by atoms with Gasteiger partial charge in [-0.15, -0.1) is 0 Å². The second-order valence-electron chi connectivity index (χ2n) is 12.8. The lowest BCUT2D eigenvalue weighted by Crippen LogP contribution is -2.56. The van der Waals surface area contributed by atoms with E-state index in [-0.39, 0.29) is 30.2 Å². The highest BCUT2D eigenvalue weighted by molar-refractivity contribution is 6.01. The van der Waals surface area contributed by atoms with Crippen LogP contribution in [0, 0.1) is 11.8 Å². The number of carboxylic acids is 1. The van der Waals surface area contributed by atoms with Crippen molar-refractivity contribution in [1.82, 2.24) is 20.2 Å². The molecular weight excluding hydrogens is 546 g/mol. The van der Waals surface area contributed by atoms with E-state index < -0.39 is 18.1 Å². The van der Waals surface area contributed by atoms with Crippen LogP contribution in [0.4, 0.5) is 0 Å². The van der Waals surface area contributed by atoms with Crippen molar-refractivity contribution >= 4 is 28.6 Å². The summed E-state index contributed by atoms with van der Waals surface area (Å²) >= 11 is 0. The Morgan fingerprint density at radius 2 is 1.60 bits per heavy atom. The van der Waals surface area contributed by atoms with Gasteiger partial charge in [0.25, 0.3) is 5.56 Å². The standard InChI is InChI=1S/C18H31N.C15H16N4O5/c1-2-6-15-11-14(5-1)12-18(13-15)19-16-7-3-8-17(19)10-4-9-16;1-16-12(20)7-6-11(19-24-8-13(21)22)14-15(23)18-10-5-3-2-4-9(10)17-14/h14-18H,1-13H2;2-5H,6-8H2,1H3,(H,16,20)(H,18,23)(H,21,22)/b;19-11+. The van der Waals surface area contributed by atoms with Gasteiger partial charge < -0.3 is 20.2 Å². The molecule has 6 rings (SSSR count). The second-order valence-corrected chi connectivity index (χ2v) is 12.8. The van der Waals surface area contributed by atoms with Gasteiger partial charge in [-0.1, -0.05) is 55.8 Å². The van der Waals surface area contributed by atoms with Gasteiger partial charge in [-0.3, -0.25) is 14.5 Å². The number of aliphatic carboxylic acids is 1. The molecule has 4 aliphatic rings. The molecular formula is C33H47N5O5. The summed E-state index contributed by atoms with van der Waals surface area (Å²) < 4.78 is 0. The Kier molecular flexibility index (Phi) is 10.8. The molecule has 1 aromatic heterocycles. The van der Waals surface area contributed by atoms with E-state index >= 15 is 0 Å². The number of fused-ring (bicyclic) bond motifs is 5. The minimum absolute atomic E-state index is 0.0111. The predicted octanol–water partition coefficient (Wildman–Crippen LogP) is 5.01. The minimum atomic E-state index is -1.20. The van der Waals surface area contributed by atoms with Gasteiger partial charge in [0.2, 0.25) is 12.5 Å². The Balaban J connectivity index is 0.000000175. The van der Waals surface area contributed by atoms with Crippen molar-refractivity contribution in [2.24, 2.45) is 17.0 Å². The van der Waals surface area contributed by atoms with E-state index in [1.807, 2.05) is 0 Å². The number of aromatic nitrogens is 2. The summed E-state index contributed by atoms with van der Waals surface area (Å²) in [5.74, 6) is 0.728. The lowest BCUT2D eigenvalue weighted by molar-refractivity contribution is -0.142. The monoisotopic (exact) mass is 593 g/mol. The summed E-state index contributed by atoms with van der Waals surface area (Å²) in [6.07, 6.45) is 20.1. The summed E-state index contributed by atoms with van der Waals surface area (Å²) in [7, 11) is 1.49. The fourth-order valence-electron chi connectivity index (χ4n) is 8.02. The molecule has 3 N–H and O–H groups in total. The summed E-state index contributed by atoms with van der Waals surface area (Å²) in [6.45, 7) is -0.658. The van der Waals surface area contributed by atoms with Gasteiger partial charge in [0.15, 0.2) is 5.69 Å². The highest BCUT2D eigenvalue weighted by atomic mass is 16.6. The molecule has 10 nitrogen and oxygen atoms in total. The first kappa shape index (κ1) is 31.2. The van der Waals surface area contributed by atoms with Crippen LogP contribution < -0.4 is 10.9 Å². The maximum atomic E-state index is 12.2. The number of oxime groups is 1. The Morgan fingerprint density at radius 1 is 0.953 bits per heavy atom. The fraction of sp³-hybridized carbons (Fsp3) is 0.667. The third-order valence-corrected chi connectivity index (χ3v) is 9.87. The number of aromatic amines is 1. The Bertz CT molecular complexity index is 1310. The number of piperidine rings is 2. The summed E-state index contributed by atoms with van der Waals surface area (Å²) in [5, 5.41) is 14.7. The van der Waals surface area contributed by atoms with Crippen LogP contribution in [0.25, 0.3) is 11.0 Å². The highest BCUT2D eigenvalue weighted by Gasteiger charge is 2.41. The van der Waals surface area contributed by atoms with Gasteiger partial charge in [-0.25, -0.2) is 9.78 Å². The van der Waals surface area contributed by atoms with Gasteiger partial charge >= 0.3 is 5.97 Å². The van der Waals surface area contributed by atoms with E-state index in [9.17, 15) is 14.4 Å². The van der Waals surface area contributed by atoms with E-state index in [0.29, 0.717) is 11.0 Å². The molecule has 2 aliphatic heterocycles. The number of carbonyl (C=O) groups is 2. The Morgan fingerprint density at radius 3 is 2.23 bits per heavy atom. The largest absolute Gasteiger partial charge is 0.479 e. The molecule has 2 unspecified atom stereocenters. The zero-order valence-electron chi connectivity index (χ0n) is 25.4. The molecule has 234 valence electrons. The third kappa shape index (κ3) is 8.22. The van der Waals surface area contributed by atoms with Crippen LogP contribution in [-0.4, -0.2) is 69.3 Å². The van der Waals surface area contributed by atoms with Crippen LogP contribution >= 0.6 is 0 Å². The molecule has 4 bridgehead atoms. The van der Waals surface area contributed by atoms with Crippen molar-refractivity contribution in [2.45, 2.75) is 114 Å². The molecule has 4 fully saturated rings. The zero-order valence-corrected chi connectivity index (χ0v) is 25.4. The van der Waals surface area contributed by atoms with Crippen LogP contribution in [0.3, 0.4) is 0 Å². The van der Waals surface area contributed by atoms with Crippen molar-refractivity contribution in [2.75, 3.05) is 13.7 Å². The zero-order chi connectivity index (χ0) is 30.2. The number of nitrogens with one attached hydrogen (secondary N) is 2. The normalized spacial score (nSPS) is 27.4. The van der Waals surface area contributed by atoms with Gasteiger partial charge in [0, 0.05) is 38.0 Å². The SMILES string of the molecule is C1CCC2CC(C1)CC(N1C3CCCC1CCC3)C2.CNC(=O)CC/C(=N\OCC(=O)O)c1nc2ccccc2[nH]c1=O. The van der Waals surface area contributed by atoms with E-state index in [0.717, 1.165) is 30.0 Å². The lowest BCUT2D eigenvalue weighted by atomic mass is 9.74. The summed E-state index contributed by atoms with van der Waals surface area (Å²) in [6, 6.07) is 9.89. The number of benzene rings is 1. The topological polar surface area (TPSA) is 137 Å². The number of carbonyl (C=O) groups excluding carboxylic acids is 1. The molecule has 3 heterocycles.